The van der Waals surface area contributed by atoms with Crippen LogP contribution in [0.1, 0.15) is 38.8 Å². The van der Waals surface area contributed by atoms with E-state index in [1.165, 1.54) is 4.90 Å². The van der Waals surface area contributed by atoms with E-state index in [2.05, 4.69) is 20.8 Å². The van der Waals surface area contributed by atoms with E-state index in [-0.39, 0.29) is 17.2 Å². The van der Waals surface area contributed by atoms with E-state index >= 15 is 0 Å². The van der Waals surface area contributed by atoms with E-state index in [0.717, 1.165) is 11.3 Å². The van der Waals surface area contributed by atoms with Gasteiger partial charge in [0.05, 0.1) is 11.3 Å². The SMILES string of the molecule is CCN(C1=C(c2ccc(Cl)cc2)C(=O)N(c2ccc(C(C)(C)C)cc2)C1=O)c1ccccc1. The van der Waals surface area contributed by atoms with Crippen LogP contribution in [0.4, 0.5) is 11.4 Å². The van der Waals surface area contributed by atoms with Gasteiger partial charge in [-0.05, 0) is 59.9 Å². The average molecular weight is 459 g/mol. The van der Waals surface area contributed by atoms with Crippen LogP contribution in [0.15, 0.2) is 84.6 Å². The van der Waals surface area contributed by atoms with Gasteiger partial charge >= 0.3 is 0 Å². The highest BCUT2D eigenvalue weighted by Crippen LogP contribution is 2.37. The molecule has 0 radical (unpaired) electrons. The highest BCUT2D eigenvalue weighted by molar-refractivity contribution is 6.46. The topological polar surface area (TPSA) is 40.6 Å². The van der Waals surface area contributed by atoms with Crippen molar-refractivity contribution >= 4 is 40.4 Å². The standard InChI is InChI=1S/C28H27ClN2O2/c1-5-30(22-9-7-6-8-10-22)25-24(19-11-15-21(29)16-12-19)26(32)31(27(25)33)23-17-13-20(14-18-23)28(2,3)4/h6-18H,5H2,1-4H3. The molecule has 0 N–H and O–H groups in total. The summed E-state index contributed by atoms with van der Waals surface area (Å²) in [6, 6.07) is 24.3. The van der Waals surface area contributed by atoms with Crippen LogP contribution in [0.3, 0.4) is 0 Å². The van der Waals surface area contributed by atoms with Gasteiger partial charge in [0.2, 0.25) is 0 Å². The zero-order valence-electron chi connectivity index (χ0n) is 19.3. The quantitative estimate of drug-likeness (QED) is 0.412. The Morgan fingerprint density at radius 1 is 0.818 bits per heavy atom. The smallest absolute Gasteiger partial charge is 0.282 e. The molecule has 5 heteroatoms. The molecular weight excluding hydrogens is 432 g/mol. The lowest BCUT2D eigenvalue weighted by Gasteiger charge is -2.25. The molecule has 0 unspecified atom stereocenters. The van der Waals surface area contributed by atoms with Crippen molar-refractivity contribution in [2.75, 3.05) is 16.3 Å². The molecule has 0 aliphatic carbocycles. The second-order valence-corrected chi connectivity index (χ2v) is 9.49. The summed E-state index contributed by atoms with van der Waals surface area (Å²) in [4.78, 5) is 30.7. The molecule has 0 bridgehead atoms. The summed E-state index contributed by atoms with van der Waals surface area (Å²) in [7, 11) is 0. The molecule has 1 aliphatic heterocycles. The highest BCUT2D eigenvalue weighted by Gasteiger charge is 2.42. The third-order valence-corrected chi connectivity index (χ3v) is 6.09. The number of carbonyl (C=O) groups is 2. The number of amides is 2. The fourth-order valence-electron chi connectivity index (χ4n) is 4.07. The Morgan fingerprint density at radius 3 is 1.97 bits per heavy atom. The summed E-state index contributed by atoms with van der Waals surface area (Å²) in [5, 5.41) is 0.572. The molecule has 0 aromatic heterocycles. The first-order valence-corrected chi connectivity index (χ1v) is 11.4. The van der Waals surface area contributed by atoms with Crippen LogP contribution in [-0.4, -0.2) is 18.4 Å². The van der Waals surface area contributed by atoms with E-state index in [4.69, 9.17) is 11.6 Å². The minimum Gasteiger partial charge on any atom is -0.337 e. The Balaban J connectivity index is 1.85. The van der Waals surface area contributed by atoms with Crippen LogP contribution < -0.4 is 9.80 Å². The van der Waals surface area contributed by atoms with Crippen molar-refractivity contribution < 1.29 is 9.59 Å². The molecule has 33 heavy (non-hydrogen) atoms. The molecule has 3 aromatic carbocycles. The average Bonchev–Trinajstić information content (AvgIpc) is 3.05. The Morgan fingerprint density at radius 2 is 1.42 bits per heavy atom. The minimum atomic E-state index is -0.338. The maximum absolute atomic E-state index is 13.8. The predicted molar refractivity (Wildman–Crippen MR) is 135 cm³/mol. The maximum Gasteiger partial charge on any atom is 0.282 e. The number of carbonyl (C=O) groups excluding carboxylic acids is 2. The van der Waals surface area contributed by atoms with Crippen LogP contribution in [-0.2, 0) is 15.0 Å². The third-order valence-electron chi connectivity index (χ3n) is 5.84. The van der Waals surface area contributed by atoms with Gasteiger partial charge in [-0.2, -0.15) is 0 Å². The van der Waals surface area contributed by atoms with Crippen molar-refractivity contribution in [3.8, 4) is 0 Å². The van der Waals surface area contributed by atoms with E-state index < -0.39 is 0 Å². The number of halogens is 1. The van der Waals surface area contributed by atoms with Crippen LogP contribution in [0, 0.1) is 0 Å². The number of likely N-dealkylation sites (N-methyl/N-ethyl adjacent to an activating group) is 1. The number of para-hydroxylation sites is 1. The molecular formula is C28H27ClN2O2. The molecule has 4 nitrogen and oxygen atoms in total. The van der Waals surface area contributed by atoms with E-state index in [1.807, 2.05) is 66.4 Å². The van der Waals surface area contributed by atoms with Gasteiger partial charge in [0.15, 0.2) is 0 Å². The van der Waals surface area contributed by atoms with Crippen LogP contribution in [0.25, 0.3) is 5.57 Å². The molecule has 4 rings (SSSR count). The summed E-state index contributed by atoms with van der Waals surface area (Å²) in [5.41, 5.74) is 3.93. The Hall–Kier alpha value is -3.37. The normalized spacial score (nSPS) is 14.3. The van der Waals surface area contributed by atoms with E-state index in [0.29, 0.717) is 34.1 Å². The maximum atomic E-state index is 13.8. The van der Waals surface area contributed by atoms with Gasteiger partial charge in [-0.15, -0.1) is 0 Å². The lowest BCUT2D eigenvalue weighted by atomic mass is 9.87. The molecule has 0 spiro atoms. The number of anilines is 2. The molecule has 0 fully saturated rings. The summed E-state index contributed by atoms with van der Waals surface area (Å²) in [5.74, 6) is -0.672. The fourth-order valence-corrected chi connectivity index (χ4v) is 4.19. The lowest BCUT2D eigenvalue weighted by Crippen LogP contribution is -2.35. The number of nitrogens with zero attached hydrogens (tertiary/aromatic N) is 2. The number of hydrogen-bond donors (Lipinski definition) is 0. The third kappa shape index (κ3) is 4.31. The minimum absolute atomic E-state index is 0.0260. The van der Waals surface area contributed by atoms with Crippen LogP contribution in [0.5, 0.6) is 0 Å². The first kappa shape index (κ1) is 22.8. The number of rotatable bonds is 5. The van der Waals surface area contributed by atoms with Gasteiger partial charge in [-0.3, -0.25) is 9.59 Å². The summed E-state index contributed by atoms with van der Waals surface area (Å²) < 4.78 is 0. The summed E-state index contributed by atoms with van der Waals surface area (Å²) in [6.45, 7) is 8.90. The van der Waals surface area contributed by atoms with Crippen molar-refractivity contribution in [1.82, 2.24) is 0 Å². The zero-order chi connectivity index (χ0) is 23.8. The van der Waals surface area contributed by atoms with Gasteiger partial charge in [-0.1, -0.05) is 74.8 Å². The Labute approximate surface area is 200 Å². The van der Waals surface area contributed by atoms with Crippen molar-refractivity contribution in [1.29, 1.82) is 0 Å². The largest absolute Gasteiger partial charge is 0.337 e. The predicted octanol–water partition coefficient (Wildman–Crippen LogP) is 6.45. The van der Waals surface area contributed by atoms with Crippen molar-refractivity contribution in [3.05, 3.63) is 101 Å². The first-order chi connectivity index (χ1) is 15.7. The van der Waals surface area contributed by atoms with E-state index in [9.17, 15) is 9.59 Å². The zero-order valence-corrected chi connectivity index (χ0v) is 20.1. The van der Waals surface area contributed by atoms with Gasteiger partial charge in [-0.25, -0.2) is 4.90 Å². The first-order valence-electron chi connectivity index (χ1n) is 11.0. The van der Waals surface area contributed by atoms with Crippen molar-refractivity contribution in [3.63, 3.8) is 0 Å². The van der Waals surface area contributed by atoms with Crippen LogP contribution in [0.2, 0.25) is 5.02 Å². The molecule has 2 amide bonds. The molecule has 0 atom stereocenters. The summed E-state index contributed by atoms with van der Waals surface area (Å²) >= 11 is 6.09. The molecule has 3 aromatic rings. The van der Waals surface area contributed by atoms with E-state index in [1.54, 1.807) is 24.3 Å². The molecule has 0 saturated carbocycles. The lowest BCUT2D eigenvalue weighted by molar-refractivity contribution is -0.120. The van der Waals surface area contributed by atoms with Gasteiger partial charge in [0, 0.05) is 17.3 Å². The van der Waals surface area contributed by atoms with Crippen LogP contribution >= 0.6 is 11.6 Å². The number of benzene rings is 3. The fraction of sp³-hybridized carbons (Fsp3) is 0.214. The molecule has 1 heterocycles. The Bertz CT molecular complexity index is 1210. The van der Waals surface area contributed by atoms with Crippen molar-refractivity contribution in [2.45, 2.75) is 33.1 Å². The molecule has 168 valence electrons. The second kappa shape index (κ2) is 8.87. The van der Waals surface area contributed by atoms with Crippen molar-refractivity contribution in [2.24, 2.45) is 0 Å². The number of imide groups is 1. The van der Waals surface area contributed by atoms with Gasteiger partial charge in [0.1, 0.15) is 5.70 Å². The summed E-state index contributed by atoms with van der Waals surface area (Å²) in [6.07, 6.45) is 0. The molecule has 0 saturated heterocycles. The second-order valence-electron chi connectivity index (χ2n) is 9.05. The Kier molecular flexibility index (Phi) is 6.13. The monoisotopic (exact) mass is 458 g/mol. The number of hydrogen-bond acceptors (Lipinski definition) is 3. The van der Waals surface area contributed by atoms with Gasteiger partial charge < -0.3 is 4.90 Å². The highest BCUT2D eigenvalue weighted by atomic mass is 35.5. The van der Waals surface area contributed by atoms with Gasteiger partial charge in [0.25, 0.3) is 11.8 Å². The molecule has 1 aliphatic rings.